The van der Waals surface area contributed by atoms with Crippen LogP contribution < -0.4 is 14.7 Å². The molecular weight excluding hydrogens is 318 g/mol. The van der Waals surface area contributed by atoms with E-state index in [0.29, 0.717) is 0 Å². The summed E-state index contributed by atoms with van der Waals surface area (Å²) >= 11 is 0. The molecule has 0 N–H and O–H groups in total. The molecular formula is C17H23N7O. The van der Waals surface area contributed by atoms with Gasteiger partial charge in [-0.2, -0.15) is 4.98 Å². The van der Waals surface area contributed by atoms with E-state index in [1.165, 1.54) is 0 Å². The maximum atomic E-state index is 5.43. The molecule has 0 aromatic carbocycles. The van der Waals surface area contributed by atoms with Crippen molar-refractivity contribution >= 4 is 17.7 Å². The molecule has 0 aliphatic carbocycles. The van der Waals surface area contributed by atoms with Gasteiger partial charge >= 0.3 is 0 Å². The Balaban J connectivity index is 1.46. The van der Waals surface area contributed by atoms with Crippen molar-refractivity contribution in [1.29, 1.82) is 0 Å². The molecule has 4 heterocycles. The first kappa shape index (κ1) is 16.0. The van der Waals surface area contributed by atoms with Gasteiger partial charge < -0.3 is 19.4 Å². The highest BCUT2D eigenvalue weighted by Gasteiger charge is 2.22. The smallest absolute Gasteiger partial charge is 0.227 e. The van der Waals surface area contributed by atoms with Crippen LogP contribution in [0.1, 0.15) is 5.69 Å². The van der Waals surface area contributed by atoms with E-state index >= 15 is 0 Å². The molecule has 0 saturated carbocycles. The molecule has 2 fully saturated rings. The number of morpholine rings is 1. The first-order chi connectivity index (χ1) is 12.3. The van der Waals surface area contributed by atoms with Crippen LogP contribution in [-0.2, 0) is 4.74 Å². The lowest BCUT2D eigenvalue weighted by Crippen LogP contribution is -2.47. The maximum Gasteiger partial charge on any atom is 0.227 e. The fourth-order valence-electron chi connectivity index (χ4n) is 3.19. The summed E-state index contributed by atoms with van der Waals surface area (Å²) in [6.07, 6.45) is 3.58. The normalized spacial score (nSPS) is 18.5. The number of ether oxygens (including phenoxy) is 1. The van der Waals surface area contributed by atoms with Crippen LogP contribution in [-0.4, -0.2) is 72.4 Å². The van der Waals surface area contributed by atoms with Gasteiger partial charge in [-0.05, 0) is 13.0 Å². The van der Waals surface area contributed by atoms with Crippen molar-refractivity contribution in [2.24, 2.45) is 0 Å². The van der Waals surface area contributed by atoms with Gasteiger partial charge in [0.15, 0.2) is 0 Å². The number of nitrogens with zero attached hydrogens (tertiary/aromatic N) is 7. The van der Waals surface area contributed by atoms with E-state index in [2.05, 4.69) is 35.7 Å². The van der Waals surface area contributed by atoms with Crippen molar-refractivity contribution in [2.75, 3.05) is 67.2 Å². The Morgan fingerprint density at radius 2 is 1.44 bits per heavy atom. The van der Waals surface area contributed by atoms with E-state index < -0.39 is 0 Å². The minimum absolute atomic E-state index is 0.738. The van der Waals surface area contributed by atoms with Crippen molar-refractivity contribution < 1.29 is 4.74 Å². The first-order valence-electron chi connectivity index (χ1n) is 8.75. The molecule has 0 bridgehead atoms. The number of anilines is 3. The molecule has 2 aromatic heterocycles. The largest absolute Gasteiger partial charge is 0.378 e. The molecule has 2 aliphatic rings. The molecule has 25 heavy (non-hydrogen) atoms. The molecule has 2 aromatic rings. The van der Waals surface area contributed by atoms with Crippen molar-refractivity contribution in [2.45, 2.75) is 6.92 Å². The van der Waals surface area contributed by atoms with Crippen LogP contribution in [0.4, 0.5) is 17.7 Å². The summed E-state index contributed by atoms with van der Waals surface area (Å²) in [5, 5.41) is 0. The van der Waals surface area contributed by atoms with Crippen LogP contribution in [0.2, 0.25) is 0 Å². The predicted octanol–water partition coefficient (Wildman–Crippen LogP) is 0.738. The lowest BCUT2D eigenvalue weighted by atomic mass is 10.3. The summed E-state index contributed by atoms with van der Waals surface area (Å²) < 4.78 is 5.43. The molecule has 0 spiro atoms. The highest BCUT2D eigenvalue weighted by molar-refractivity contribution is 5.48. The van der Waals surface area contributed by atoms with Crippen LogP contribution in [0.25, 0.3) is 0 Å². The zero-order valence-electron chi connectivity index (χ0n) is 14.5. The number of hydrogen-bond donors (Lipinski definition) is 0. The second-order valence-corrected chi connectivity index (χ2v) is 6.29. The van der Waals surface area contributed by atoms with E-state index in [9.17, 15) is 0 Å². The monoisotopic (exact) mass is 341 g/mol. The predicted molar refractivity (Wildman–Crippen MR) is 96.3 cm³/mol. The van der Waals surface area contributed by atoms with E-state index in [-0.39, 0.29) is 0 Å². The second-order valence-electron chi connectivity index (χ2n) is 6.29. The van der Waals surface area contributed by atoms with Gasteiger partial charge in [-0.1, -0.05) is 0 Å². The summed E-state index contributed by atoms with van der Waals surface area (Å²) in [4.78, 5) is 24.9. The van der Waals surface area contributed by atoms with E-state index in [1.807, 2.05) is 13.0 Å². The zero-order valence-corrected chi connectivity index (χ0v) is 14.5. The Morgan fingerprint density at radius 1 is 0.800 bits per heavy atom. The Kier molecular flexibility index (Phi) is 4.60. The fourth-order valence-corrected chi connectivity index (χ4v) is 3.19. The average Bonchev–Trinajstić information content (AvgIpc) is 2.69. The van der Waals surface area contributed by atoms with E-state index in [0.717, 1.165) is 75.9 Å². The van der Waals surface area contributed by atoms with Crippen molar-refractivity contribution in [3.8, 4) is 0 Å². The second kappa shape index (κ2) is 7.18. The van der Waals surface area contributed by atoms with Gasteiger partial charge in [-0.3, -0.25) is 0 Å². The first-order valence-corrected chi connectivity index (χ1v) is 8.75. The minimum Gasteiger partial charge on any atom is -0.378 e. The Morgan fingerprint density at radius 3 is 2.16 bits per heavy atom. The topological polar surface area (TPSA) is 70.5 Å². The highest BCUT2D eigenvalue weighted by atomic mass is 16.5. The maximum absolute atomic E-state index is 5.43. The summed E-state index contributed by atoms with van der Waals surface area (Å²) in [6.45, 7) is 8.78. The summed E-state index contributed by atoms with van der Waals surface area (Å²) in [5.74, 6) is 2.62. The molecule has 132 valence electrons. The van der Waals surface area contributed by atoms with Gasteiger partial charge in [0.25, 0.3) is 0 Å². The third-order valence-electron chi connectivity index (χ3n) is 4.56. The van der Waals surface area contributed by atoms with Crippen LogP contribution in [0, 0.1) is 6.92 Å². The fraction of sp³-hybridized carbons (Fsp3) is 0.529. The van der Waals surface area contributed by atoms with Gasteiger partial charge in [0.2, 0.25) is 11.9 Å². The summed E-state index contributed by atoms with van der Waals surface area (Å²) in [5.41, 5.74) is 1.00. The SMILES string of the molecule is Cc1cc(N2CCN(c3ncccn3)CC2)nc(N2CCOCC2)n1. The number of aromatic nitrogens is 4. The molecule has 0 amide bonds. The van der Waals surface area contributed by atoms with Gasteiger partial charge in [-0.25, -0.2) is 15.0 Å². The van der Waals surface area contributed by atoms with Gasteiger partial charge in [0.05, 0.1) is 13.2 Å². The average molecular weight is 341 g/mol. The molecule has 8 nitrogen and oxygen atoms in total. The molecule has 4 rings (SSSR count). The Labute approximate surface area is 147 Å². The highest BCUT2D eigenvalue weighted by Crippen LogP contribution is 2.20. The van der Waals surface area contributed by atoms with Gasteiger partial charge in [-0.15, -0.1) is 0 Å². The van der Waals surface area contributed by atoms with Crippen LogP contribution in [0.3, 0.4) is 0 Å². The molecule has 2 aliphatic heterocycles. The standard InChI is InChI=1S/C17H23N7O/c1-14-13-15(21-17(20-14)24-9-11-25-12-10-24)22-5-7-23(8-6-22)16-18-3-2-4-19-16/h2-4,13H,5-12H2,1H3. The summed E-state index contributed by atoms with van der Waals surface area (Å²) in [6, 6.07) is 3.91. The molecule has 0 radical (unpaired) electrons. The Hall–Kier alpha value is -2.48. The lowest BCUT2D eigenvalue weighted by molar-refractivity contribution is 0.122. The quantitative estimate of drug-likeness (QED) is 0.810. The number of hydrogen-bond acceptors (Lipinski definition) is 8. The van der Waals surface area contributed by atoms with Gasteiger partial charge in [0, 0.05) is 63.4 Å². The number of aryl methyl sites for hydroxylation is 1. The van der Waals surface area contributed by atoms with Crippen molar-refractivity contribution in [1.82, 2.24) is 19.9 Å². The number of piperazine rings is 1. The van der Waals surface area contributed by atoms with Crippen molar-refractivity contribution in [3.63, 3.8) is 0 Å². The minimum atomic E-state index is 0.738. The third-order valence-corrected chi connectivity index (χ3v) is 4.56. The summed E-state index contributed by atoms with van der Waals surface area (Å²) in [7, 11) is 0. The van der Waals surface area contributed by atoms with Crippen LogP contribution >= 0.6 is 0 Å². The van der Waals surface area contributed by atoms with Crippen LogP contribution in [0.5, 0.6) is 0 Å². The Bertz CT molecular complexity index is 697. The lowest BCUT2D eigenvalue weighted by Gasteiger charge is -2.36. The van der Waals surface area contributed by atoms with E-state index in [1.54, 1.807) is 12.4 Å². The molecule has 0 unspecified atom stereocenters. The van der Waals surface area contributed by atoms with Gasteiger partial charge in [0.1, 0.15) is 5.82 Å². The number of rotatable bonds is 3. The molecule has 0 atom stereocenters. The van der Waals surface area contributed by atoms with Crippen LogP contribution in [0.15, 0.2) is 24.5 Å². The van der Waals surface area contributed by atoms with Crippen molar-refractivity contribution in [3.05, 3.63) is 30.2 Å². The zero-order chi connectivity index (χ0) is 17.1. The van der Waals surface area contributed by atoms with E-state index in [4.69, 9.17) is 9.72 Å². The molecule has 8 heteroatoms. The molecule has 2 saturated heterocycles. The third kappa shape index (κ3) is 3.63.